The molecule has 7 rings (SSSR count). The second-order valence-electron chi connectivity index (χ2n) is 18.7. The van der Waals surface area contributed by atoms with Crippen molar-refractivity contribution in [2.45, 2.75) is 122 Å². The van der Waals surface area contributed by atoms with E-state index in [1.54, 1.807) is 24.4 Å². The number of ether oxygens (including phenoxy) is 2. The summed E-state index contributed by atoms with van der Waals surface area (Å²) in [5.74, 6) is 5.86. The maximum atomic E-state index is 13.8. The van der Waals surface area contributed by atoms with Crippen molar-refractivity contribution in [2.75, 3.05) is 12.9 Å². The molecule has 0 bridgehead atoms. The van der Waals surface area contributed by atoms with Crippen LogP contribution in [0.3, 0.4) is 0 Å². The molecule has 3 aromatic carbocycles. The predicted molar refractivity (Wildman–Crippen MR) is 229 cm³/mol. The van der Waals surface area contributed by atoms with Crippen molar-refractivity contribution >= 4 is 17.7 Å². The van der Waals surface area contributed by atoms with Gasteiger partial charge in [-0.1, -0.05) is 138 Å². The number of rotatable bonds is 14. The molecule has 0 saturated heterocycles. The lowest BCUT2D eigenvalue weighted by atomic mass is 9.47. The van der Waals surface area contributed by atoms with E-state index < -0.39 is 10.8 Å². The van der Waals surface area contributed by atoms with Gasteiger partial charge in [0.15, 0.2) is 0 Å². The Labute approximate surface area is 336 Å². The standard InChI is InChI=1S/C50H67NO3S/c1-34(2)14-13-15-35(3)43-26-27-44-42-25-22-39-32-41(28-30-48(39,4)45(42)29-31-49(43,44)5)54-47(52)46(51)33-55-50(36-16-9-7-10-17-36,37-18-11-8-12-19-37)38-20-23-40(53-6)24-21-38/h7-12,16-24,34-35,41-46H,13-15,25-33,51H2,1-6H3/t35-,41+,42+,43-,44+,45+,46+,48+,49-/m1/s1. The van der Waals surface area contributed by atoms with Gasteiger partial charge in [0.25, 0.3) is 0 Å². The van der Waals surface area contributed by atoms with Crippen molar-refractivity contribution in [1.82, 2.24) is 0 Å². The van der Waals surface area contributed by atoms with Gasteiger partial charge in [0.2, 0.25) is 0 Å². The predicted octanol–water partition coefficient (Wildman–Crippen LogP) is 12.0. The van der Waals surface area contributed by atoms with E-state index >= 15 is 0 Å². The van der Waals surface area contributed by atoms with E-state index in [0.29, 0.717) is 11.2 Å². The lowest BCUT2D eigenvalue weighted by Crippen LogP contribution is -2.51. The van der Waals surface area contributed by atoms with E-state index in [4.69, 9.17) is 15.2 Å². The average Bonchev–Trinajstić information content (AvgIpc) is 3.56. The highest BCUT2D eigenvalue weighted by molar-refractivity contribution is 8.00. The summed E-state index contributed by atoms with van der Waals surface area (Å²) in [5, 5.41) is 0. The fourth-order valence-corrected chi connectivity index (χ4v) is 13.7. The molecule has 3 fully saturated rings. The topological polar surface area (TPSA) is 61.5 Å². The number of fused-ring (bicyclic) bond motifs is 5. The minimum absolute atomic E-state index is 0.106. The molecule has 0 aliphatic heterocycles. The number of methoxy groups -OCH3 is 1. The van der Waals surface area contributed by atoms with Gasteiger partial charge >= 0.3 is 5.97 Å². The van der Waals surface area contributed by atoms with Crippen LogP contribution in [0.2, 0.25) is 0 Å². The van der Waals surface area contributed by atoms with Crippen LogP contribution < -0.4 is 10.5 Å². The highest BCUT2D eigenvalue weighted by atomic mass is 32.2. The van der Waals surface area contributed by atoms with Crippen molar-refractivity contribution in [3.63, 3.8) is 0 Å². The number of esters is 1. The number of benzene rings is 3. The van der Waals surface area contributed by atoms with E-state index in [1.165, 1.54) is 51.4 Å². The fraction of sp³-hybridized carbons (Fsp3) is 0.580. The number of carbonyl (C=O) groups excluding carboxylic acids is 1. The summed E-state index contributed by atoms with van der Waals surface area (Å²) in [6, 6.07) is 28.6. The Morgan fingerprint density at radius 2 is 1.49 bits per heavy atom. The van der Waals surface area contributed by atoms with Crippen molar-refractivity contribution in [1.29, 1.82) is 0 Å². The molecule has 4 aliphatic rings. The molecule has 0 heterocycles. The molecule has 0 radical (unpaired) electrons. The van der Waals surface area contributed by atoms with Crippen molar-refractivity contribution < 1.29 is 14.3 Å². The first-order chi connectivity index (χ1) is 26.5. The molecule has 9 atom stereocenters. The summed E-state index contributed by atoms with van der Waals surface area (Å²) in [7, 11) is 1.69. The fourth-order valence-electron chi connectivity index (χ4n) is 12.2. The summed E-state index contributed by atoms with van der Waals surface area (Å²) in [4.78, 5) is 13.8. The smallest absolute Gasteiger partial charge is 0.324 e. The summed E-state index contributed by atoms with van der Waals surface area (Å²) in [6.07, 6.45) is 16.3. The largest absolute Gasteiger partial charge is 0.497 e. The SMILES string of the molecule is COc1ccc(C(SC[C@H](N)C(=O)O[C@H]2CC[C@@]3(C)C(=CC[C@H]4[C@@H]5CC[C@H]([C@H](C)CCCC(C)C)[C@@]5(C)CC[C@@H]43)C2)(c2ccccc2)c2ccccc2)cc1. The third-order valence-corrected chi connectivity index (χ3v) is 16.8. The van der Waals surface area contributed by atoms with E-state index in [9.17, 15) is 4.79 Å². The Balaban J connectivity index is 1.02. The number of hydrogen-bond acceptors (Lipinski definition) is 5. The summed E-state index contributed by atoms with van der Waals surface area (Å²) in [5.41, 5.74) is 12.4. The molecule has 0 spiro atoms. The van der Waals surface area contributed by atoms with Gasteiger partial charge in [-0.3, -0.25) is 4.79 Å². The lowest BCUT2D eigenvalue weighted by Gasteiger charge is -2.58. The molecule has 4 aliphatic carbocycles. The first kappa shape index (κ1) is 40.2. The first-order valence-electron chi connectivity index (χ1n) is 21.5. The second-order valence-corrected chi connectivity index (χ2v) is 19.9. The van der Waals surface area contributed by atoms with Crippen LogP contribution in [-0.4, -0.2) is 31.0 Å². The summed E-state index contributed by atoms with van der Waals surface area (Å²) in [6.45, 7) is 12.5. The molecule has 55 heavy (non-hydrogen) atoms. The van der Waals surface area contributed by atoms with Gasteiger partial charge < -0.3 is 15.2 Å². The number of hydrogen-bond donors (Lipinski definition) is 1. The number of allylic oxidation sites excluding steroid dienone is 1. The molecule has 0 aromatic heterocycles. The number of thioether (sulfide) groups is 1. The Hall–Kier alpha value is -3.02. The molecule has 3 saturated carbocycles. The van der Waals surface area contributed by atoms with E-state index in [-0.39, 0.29) is 17.5 Å². The Morgan fingerprint density at radius 3 is 2.13 bits per heavy atom. The maximum Gasteiger partial charge on any atom is 0.324 e. The van der Waals surface area contributed by atoms with Crippen LogP contribution >= 0.6 is 11.8 Å². The van der Waals surface area contributed by atoms with Crippen LogP contribution in [0.5, 0.6) is 5.75 Å². The first-order valence-corrected chi connectivity index (χ1v) is 22.5. The van der Waals surface area contributed by atoms with Crippen LogP contribution in [-0.2, 0) is 14.3 Å². The third kappa shape index (κ3) is 7.83. The minimum atomic E-state index is -0.743. The van der Waals surface area contributed by atoms with Gasteiger partial charge in [-0.2, -0.15) is 0 Å². The van der Waals surface area contributed by atoms with Gasteiger partial charge in [-0.25, -0.2) is 0 Å². The molecule has 4 nitrogen and oxygen atoms in total. The molecule has 296 valence electrons. The Bertz CT molecular complexity index is 1720. The van der Waals surface area contributed by atoms with Crippen molar-refractivity contribution in [3.8, 4) is 5.75 Å². The monoisotopic (exact) mass is 761 g/mol. The highest BCUT2D eigenvalue weighted by Crippen LogP contribution is 2.67. The molecule has 3 aromatic rings. The zero-order valence-corrected chi connectivity index (χ0v) is 35.3. The van der Waals surface area contributed by atoms with Gasteiger partial charge in [-0.05, 0) is 120 Å². The van der Waals surface area contributed by atoms with Crippen molar-refractivity contribution in [2.24, 2.45) is 52.1 Å². The lowest BCUT2D eigenvalue weighted by molar-refractivity contribution is -0.152. The van der Waals surface area contributed by atoms with Gasteiger partial charge in [0, 0.05) is 12.2 Å². The Morgan fingerprint density at radius 1 is 0.836 bits per heavy atom. The van der Waals surface area contributed by atoms with Gasteiger partial charge in [-0.15, -0.1) is 11.8 Å². The molecular weight excluding hydrogens is 695 g/mol. The third-order valence-electron chi connectivity index (χ3n) is 15.2. The van der Waals surface area contributed by atoms with Crippen LogP contribution in [0, 0.1) is 46.3 Å². The van der Waals surface area contributed by atoms with Crippen LogP contribution in [0.4, 0.5) is 0 Å². The highest BCUT2D eigenvalue weighted by Gasteiger charge is 2.59. The van der Waals surface area contributed by atoms with Gasteiger partial charge in [0.05, 0.1) is 11.9 Å². The quantitative estimate of drug-likeness (QED) is 0.101. The normalized spacial score (nSPS) is 30.0. The minimum Gasteiger partial charge on any atom is -0.497 e. The van der Waals surface area contributed by atoms with E-state index in [2.05, 4.69) is 101 Å². The zero-order valence-electron chi connectivity index (χ0n) is 34.5. The van der Waals surface area contributed by atoms with Crippen molar-refractivity contribution in [3.05, 3.63) is 113 Å². The molecule has 0 amide bonds. The summed E-state index contributed by atoms with van der Waals surface area (Å²) >= 11 is 1.71. The Kier molecular flexibility index (Phi) is 12.3. The summed E-state index contributed by atoms with van der Waals surface area (Å²) < 4.78 is 11.3. The average molecular weight is 762 g/mol. The van der Waals surface area contributed by atoms with E-state index in [0.717, 1.165) is 77.2 Å². The number of nitrogens with two attached hydrogens (primary N) is 1. The molecule has 0 unspecified atom stereocenters. The van der Waals surface area contributed by atoms with E-state index in [1.807, 2.05) is 24.3 Å². The van der Waals surface area contributed by atoms with Crippen LogP contribution in [0.15, 0.2) is 96.6 Å². The van der Waals surface area contributed by atoms with Crippen LogP contribution in [0.1, 0.15) is 122 Å². The zero-order chi connectivity index (χ0) is 38.8. The van der Waals surface area contributed by atoms with Gasteiger partial charge in [0.1, 0.15) is 17.9 Å². The molecular formula is C50H67NO3S. The molecule has 2 N–H and O–H groups in total. The second kappa shape index (κ2) is 16.8. The molecule has 5 heteroatoms. The maximum absolute atomic E-state index is 13.8. The number of carbonyl (C=O) groups is 1. The van der Waals surface area contributed by atoms with Crippen LogP contribution in [0.25, 0.3) is 0 Å².